The van der Waals surface area contributed by atoms with Crippen molar-refractivity contribution >= 4 is 5.82 Å². The minimum absolute atomic E-state index is 0.275. The normalized spacial score (nSPS) is 11.3. The Hall–Kier alpha value is -1.16. The summed E-state index contributed by atoms with van der Waals surface area (Å²) in [6.45, 7) is 4.58. The van der Waals surface area contributed by atoms with Crippen LogP contribution in [0.1, 0.15) is 19.4 Å². The molecule has 0 aromatic carbocycles. The van der Waals surface area contributed by atoms with E-state index in [0.717, 1.165) is 0 Å². The number of nitrogens with zero attached hydrogens (tertiary/aromatic N) is 2. The standard InChI is InChI=1S/C10H16FN3/c1-7(2)14(3)6-8-9(11)4-5-13-10(8)12/h4-5,7H,6H2,1-3H3,(H2,12,13). The zero-order valence-corrected chi connectivity index (χ0v) is 8.79. The molecule has 4 heteroatoms. The number of nitrogen functional groups attached to an aromatic ring is 1. The number of nitrogens with two attached hydrogens (primary N) is 1. The van der Waals surface area contributed by atoms with Gasteiger partial charge in [-0.2, -0.15) is 0 Å². The lowest BCUT2D eigenvalue weighted by Gasteiger charge is -2.21. The molecule has 0 amide bonds. The van der Waals surface area contributed by atoms with Gasteiger partial charge in [0.1, 0.15) is 11.6 Å². The third kappa shape index (κ3) is 2.42. The lowest BCUT2D eigenvalue weighted by Crippen LogP contribution is -2.26. The smallest absolute Gasteiger partial charge is 0.132 e. The zero-order valence-electron chi connectivity index (χ0n) is 8.79. The molecule has 14 heavy (non-hydrogen) atoms. The number of hydrogen-bond acceptors (Lipinski definition) is 3. The number of hydrogen-bond donors (Lipinski definition) is 1. The summed E-state index contributed by atoms with van der Waals surface area (Å²) in [6.07, 6.45) is 1.38. The second-order valence-corrected chi connectivity index (χ2v) is 3.67. The van der Waals surface area contributed by atoms with Crippen molar-refractivity contribution < 1.29 is 4.39 Å². The summed E-state index contributed by atoms with van der Waals surface area (Å²) in [4.78, 5) is 5.87. The van der Waals surface area contributed by atoms with E-state index in [-0.39, 0.29) is 11.6 Å². The van der Waals surface area contributed by atoms with Gasteiger partial charge in [0, 0.05) is 24.3 Å². The van der Waals surface area contributed by atoms with Gasteiger partial charge in [0.2, 0.25) is 0 Å². The van der Waals surface area contributed by atoms with E-state index in [9.17, 15) is 4.39 Å². The molecule has 1 heterocycles. The Balaban J connectivity index is 2.85. The molecule has 1 aromatic rings. The van der Waals surface area contributed by atoms with Gasteiger partial charge in [0.15, 0.2) is 0 Å². The Morgan fingerprint density at radius 2 is 2.21 bits per heavy atom. The molecule has 1 rings (SSSR count). The largest absolute Gasteiger partial charge is 0.383 e. The van der Waals surface area contributed by atoms with Crippen LogP contribution in [0.3, 0.4) is 0 Å². The molecule has 0 saturated carbocycles. The van der Waals surface area contributed by atoms with E-state index < -0.39 is 0 Å². The van der Waals surface area contributed by atoms with Crippen LogP contribution in [0.15, 0.2) is 12.3 Å². The first-order valence-corrected chi connectivity index (χ1v) is 4.61. The van der Waals surface area contributed by atoms with Gasteiger partial charge in [0.05, 0.1) is 0 Å². The SMILES string of the molecule is CC(C)N(C)Cc1c(F)ccnc1N. The van der Waals surface area contributed by atoms with E-state index in [0.29, 0.717) is 18.2 Å². The molecule has 0 unspecified atom stereocenters. The highest BCUT2D eigenvalue weighted by Gasteiger charge is 2.11. The molecule has 3 nitrogen and oxygen atoms in total. The maximum atomic E-state index is 13.3. The first-order valence-electron chi connectivity index (χ1n) is 4.61. The van der Waals surface area contributed by atoms with Gasteiger partial charge >= 0.3 is 0 Å². The molecule has 0 radical (unpaired) electrons. The molecule has 0 aliphatic carbocycles. The van der Waals surface area contributed by atoms with Crippen LogP contribution >= 0.6 is 0 Å². The van der Waals surface area contributed by atoms with Crippen LogP contribution in [0, 0.1) is 5.82 Å². The number of pyridine rings is 1. The maximum absolute atomic E-state index is 13.3. The third-order valence-corrected chi connectivity index (χ3v) is 2.32. The lowest BCUT2D eigenvalue weighted by molar-refractivity contribution is 0.262. The predicted octanol–water partition coefficient (Wildman–Crippen LogP) is 1.64. The molecule has 0 saturated heterocycles. The van der Waals surface area contributed by atoms with Crippen LogP contribution in [0.2, 0.25) is 0 Å². The summed E-state index contributed by atoms with van der Waals surface area (Å²) >= 11 is 0. The number of aromatic nitrogens is 1. The Bertz CT molecular complexity index is 292. The van der Waals surface area contributed by atoms with Gasteiger partial charge in [-0.15, -0.1) is 0 Å². The van der Waals surface area contributed by atoms with Gasteiger partial charge in [-0.1, -0.05) is 0 Å². The first kappa shape index (κ1) is 10.9. The Kier molecular flexibility index (Phi) is 3.41. The van der Waals surface area contributed by atoms with Gasteiger partial charge in [0.25, 0.3) is 0 Å². The minimum Gasteiger partial charge on any atom is -0.383 e. The van der Waals surface area contributed by atoms with Crippen LogP contribution in [0.4, 0.5) is 10.2 Å². The van der Waals surface area contributed by atoms with Crippen molar-refractivity contribution in [2.45, 2.75) is 26.4 Å². The van der Waals surface area contributed by atoms with Crippen LogP contribution in [0.5, 0.6) is 0 Å². The topological polar surface area (TPSA) is 42.2 Å². The monoisotopic (exact) mass is 197 g/mol. The van der Waals surface area contributed by atoms with Crippen molar-refractivity contribution in [1.29, 1.82) is 0 Å². The molecule has 0 aliphatic rings. The quantitative estimate of drug-likeness (QED) is 0.801. The van der Waals surface area contributed by atoms with Gasteiger partial charge in [-0.05, 0) is 27.0 Å². The molecule has 0 bridgehead atoms. The van der Waals surface area contributed by atoms with Crippen molar-refractivity contribution in [3.63, 3.8) is 0 Å². The van der Waals surface area contributed by atoms with Crippen molar-refractivity contribution in [2.75, 3.05) is 12.8 Å². The Morgan fingerprint density at radius 1 is 1.57 bits per heavy atom. The highest BCUT2D eigenvalue weighted by Crippen LogP contribution is 2.15. The lowest BCUT2D eigenvalue weighted by atomic mass is 10.2. The van der Waals surface area contributed by atoms with E-state index >= 15 is 0 Å². The Labute approximate surface area is 83.7 Å². The minimum atomic E-state index is -0.287. The number of halogens is 1. The molecule has 1 aromatic heterocycles. The summed E-state index contributed by atoms with van der Waals surface area (Å²) in [6, 6.07) is 1.69. The summed E-state index contributed by atoms with van der Waals surface area (Å²) in [7, 11) is 1.93. The van der Waals surface area contributed by atoms with Crippen molar-refractivity contribution in [3.8, 4) is 0 Å². The molecule has 78 valence electrons. The predicted molar refractivity (Wildman–Crippen MR) is 55.2 cm³/mol. The fourth-order valence-corrected chi connectivity index (χ4v) is 1.07. The van der Waals surface area contributed by atoms with Gasteiger partial charge in [-0.3, -0.25) is 4.90 Å². The number of anilines is 1. The van der Waals surface area contributed by atoms with Crippen molar-refractivity contribution in [1.82, 2.24) is 9.88 Å². The fourth-order valence-electron chi connectivity index (χ4n) is 1.07. The van der Waals surface area contributed by atoms with Crippen molar-refractivity contribution in [3.05, 3.63) is 23.6 Å². The molecule has 0 fully saturated rings. The maximum Gasteiger partial charge on any atom is 0.132 e. The highest BCUT2D eigenvalue weighted by molar-refractivity contribution is 5.39. The number of rotatable bonds is 3. The highest BCUT2D eigenvalue weighted by atomic mass is 19.1. The summed E-state index contributed by atoms with van der Waals surface area (Å²) < 4.78 is 13.3. The second-order valence-electron chi connectivity index (χ2n) is 3.67. The zero-order chi connectivity index (χ0) is 10.7. The van der Waals surface area contributed by atoms with Crippen LogP contribution < -0.4 is 5.73 Å². The summed E-state index contributed by atoms with van der Waals surface area (Å²) in [5.41, 5.74) is 6.07. The van der Waals surface area contributed by atoms with E-state index in [1.807, 2.05) is 25.8 Å². The van der Waals surface area contributed by atoms with Gasteiger partial charge < -0.3 is 5.73 Å². The second kappa shape index (κ2) is 4.37. The Morgan fingerprint density at radius 3 is 2.71 bits per heavy atom. The average Bonchev–Trinajstić information content (AvgIpc) is 2.11. The molecular formula is C10H16FN3. The molecule has 2 N–H and O–H groups in total. The summed E-state index contributed by atoms with van der Waals surface area (Å²) in [5, 5.41) is 0. The van der Waals surface area contributed by atoms with E-state index in [1.54, 1.807) is 0 Å². The fraction of sp³-hybridized carbons (Fsp3) is 0.500. The molecule has 0 spiro atoms. The van der Waals surface area contributed by atoms with Crippen LogP contribution in [-0.4, -0.2) is 23.0 Å². The van der Waals surface area contributed by atoms with E-state index in [1.165, 1.54) is 12.3 Å². The first-order chi connectivity index (χ1) is 6.52. The average molecular weight is 197 g/mol. The van der Waals surface area contributed by atoms with Crippen LogP contribution in [-0.2, 0) is 6.54 Å². The van der Waals surface area contributed by atoms with Crippen molar-refractivity contribution in [2.24, 2.45) is 0 Å². The van der Waals surface area contributed by atoms with Gasteiger partial charge in [-0.25, -0.2) is 9.37 Å². The summed E-state index contributed by atoms with van der Waals surface area (Å²) in [5.74, 6) is -0.0116. The van der Waals surface area contributed by atoms with Crippen LogP contribution in [0.25, 0.3) is 0 Å². The van der Waals surface area contributed by atoms with E-state index in [2.05, 4.69) is 4.98 Å². The molecule has 0 aliphatic heterocycles. The molecular weight excluding hydrogens is 181 g/mol. The van der Waals surface area contributed by atoms with E-state index in [4.69, 9.17) is 5.73 Å². The third-order valence-electron chi connectivity index (χ3n) is 2.32. The molecule has 0 atom stereocenters.